The Morgan fingerprint density at radius 2 is 1.14 bits per heavy atom. The Hall–Kier alpha value is -2.33. The van der Waals surface area contributed by atoms with Gasteiger partial charge in [0.25, 0.3) is 0 Å². The molecule has 2 nitrogen and oxygen atoms in total. The molecule has 4 rings (SSSR count). The molecule has 0 unspecified atom stereocenters. The maximum Gasteiger partial charge on any atom is 0.0184 e. The molecule has 0 fully saturated rings. The highest BCUT2D eigenvalue weighted by Crippen LogP contribution is 2.19. The van der Waals surface area contributed by atoms with E-state index in [2.05, 4.69) is 91.2 Å². The molecule has 0 aromatic heterocycles. The molecule has 0 atom stereocenters. The molecule has 0 aliphatic rings. The molecule has 3 heteroatoms. The maximum absolute atomic E-state index is 5.62. The predicted molar refractivity (Wildman–Crippen MR) is 128 cm³/mol. The minimum absolute atomic E-state index is 0.612. The highest BCUT2D eigenvalue weighted by atomic mass is 32.1. The summed E-state index contributed by atoms with van der Waals surface area (Å²) in [6, 6.07) is 29.7. The molecule has 0 radical (unpaired) electrons. The summed E-state index contributed by atoms with van der Waals surface area (Å²) in [6.07, 6.45) is 2.40. The zero-order chi connectivity index (χ0) is 20.2. The van der Waals surface area contributed by atoms with E-state index < -0.39 is 0 Å². The molecule has 28 heavy (non-hydrogen) atoms. The van der Waals surface area contributed by atoms with Crippen LogP contribution in [0.1, 0.15) is 24.5 Å². The molecular weight excluding hydrogens is 360 g/mol. The van der Waals surface area contributed by atoms with Crippen LogP contribution in [-0.4, -0.2) is 7.05 Å². The van der Waals surface area contributed by atoms with Crippen LogP contribution in [0.15, 0.2) is 84.9 Å². The molecule has 146 valence electrons. The first-order valence-electron chi connectivity index (χ1n) is 9.69. The van der Waals surface area contributed by atoms with Gasteiger partial charge in [0, 0.05) is 6.54 Å². The Labute approximate surface area is 174 Å². The molecule has 0 saturated carbocycles. The summed E-state index contributed by atoms with van der Waals surface area (Å²) in [5.41, 5.74) is 8.30. The molecule has 0 heterocycles. The lowest BCUT2D eigenvalue weighted by molar-refractivity contribution is 0.930. The third-order valence-electron chi connectivity index (χ3n) is 4.50. The Balaban J connectivity index is 0.000000176. The molecule has 4 aromatic rings. The van der Waals surface area contributed by atoms with E-state index in [1.807, 2.05) is 18.2 Å². The van der Waals surface area contributed by atoms with Gasteiger partial charge in [-0.05, 0) is 46.1 Å². The fourth-order valence-corrected chi connectivity index (χ4v) is 3.25. The summed E-state index contributed by atoms with van der Waals surface area (Å²) < 4.78 is 2.44. The topological polar surface area (TPSA) is 38.0 Å². The number of aryl methyl sites for hydroxylation is 1. The van der Waals surface area contributed by atoms with E-state index in [-0.39, 0.29) is 0 Å². The van der Waals surface area contributed by atoms with Crippen LogP contribution in [-0.2, 0) is 13.0 Å². The van der Waals surface area contributed by atoms with Crippen LogP contribution in [0.25, 0.3) is 21.5 Å². The number of benzene rings is 4. The third kappa shape index (κ3) is 6.10. The monoisotopic (exact) mass is 390 g/mol. The van der Waals surface area contributed by atoms with Crippen LogP contribution in [0.4, 0.5) is 0 Å². The third-order valence-corrected chi connectivity index (χ3v) is 4.50. The van der Waals surface area contributed by atoms with Crippen LogP contribution >= 0.6 is 12.8 Å². The number of hydrogen-bond acceptors (Lipinski definition) is 3. The Kier molecular flexibility index (Phi) is 9.56. The van der Waals surface area contributed by atoms with Crippen molar-refractivity contribution >= 4 is 34.4 Å². The van der Waals surface area contributed by atoms with Gasteiger partial charge < -0.3 is 5.73 Å². The van der Waals surface area contributed by atoms with Crippen molar-refractivity contribution in [3.05, 3.63) is 96.1 Å². The zero-order valence-electron chi connectivity index (χ0n) is 16.7. The van der Waals surface area contributed by atoms with Gasteiger partial charge in [0.05, 0.1) is 0 Å². The van der Waals surface area contributed by atoms with E-state index in [1.54, 1.807) is 7.05 Å². The maximum atomic E-state index is 5.62. The lowest BCUT2D eigenvalue weighted by atomic mass is 10.0. The van der Waals surface area contributed by atoms with Crippen molar-refractivity contribution in [1.82, 2.24) is 4.72 Å². The Morgan fingerprint density at radius 3 is 1.64 bits per heavy atom. The predicted octanol–water partition coefficient (Wildman–Crippen LogP) is 6.14. The minimum atomic E-state index is 0.612. The minimum Gasteiger partial charge on any atom is -0.326 e. The molecule has 4 aromatic carbocycles. The van der Waals surface area contributed by atoms with Crippen molar-refractivity contribution in [3.8, 4) is 0 Å². The number of fused-ring (bicyclic) bond motifs is 2. The van der Waals surface area contributed by atoms with E-state index in [4.69, 9.17) is 5.73 Å². The summed E-state index contributed by atoms with van der Waals surface area (Å²) in [5.74, 6) is 0. The van der Waals surface area contributed by atoms with Gasteiger partial charge in [-0.15, -0.1) is 0 Å². The van der Waals surface area contributed by atoms with Crippen molar-refractivity contribution < 1.29 is 0 Å². The van der Waals surface area contributed by atoms with Crippen molar-refractivity contribution in [2.45, 2.75) is 26.3 Å². The standard InChI is InChI=1S/C13H14.C11H11N.CH5NS/c1-2-6-11-8-5-9-12-7-3-4-10-13(11)12;12-8-10-6-3-5-9-4-1-2-7-11(9)10;1-2-3/h3-5,7-10H,2,6H2,1H3;1-7H,8,12H2;2-3H,1H3. The van der Waals surface area contributed by atoms with E-state index in [0.29, 0.717) is 6.54 Å². The Morgan fingerprint density at radius 1 is 0.714 bits per heavy atom. The van der Waals surface area contributed by atoms with Crippen molar-refractivity contribution in [1.29, 1.82) is 0 Å². The normalized spacial score (nSPS) is 10.0. The SMILES string of the molecule is CCCc1cccc2ccccc12.CNS.NCc1cccc2ccccc12. The van der Waals surface area contributed by atoms with Crippen molar-refractivity contribution in [2.75, 3.05) is 7.05 Å². The number of nitrogens with two attached hydrogens (primary N) is 1. The lowest BCUT2D eigenvalue weighted by Gasteiger charge is -2.03. The molecule has 0 amide bonds. The number of hydrogen-bond donors (Lipinski definition) is 3. The zero-order valence-corrected chi connectivity index (χ0v) is 17.6. The second-order valence-corrected chi connectivity index (χ2v) is 6.90. The van der Waals surface area contributed by atoms with E-state index in [1.165, 1.54) is 45.5 Å². The number of rotatable bonds is 3. The van der Waals surface area contributed by atoms with Gasteiger partial charge in [0.2, 0.25) is 0 Å². The molecule has 0 bridgehead atoms. The van der Waals surface area contributed by atoms with E-state index >= 15 is 0 Å². The van der Waals surface area contributed by atoms with Crippen LogP contribution in [0.2, 0.25) is 0 Å². The van der Waals surface area contributed by atoms with Gasteiger partial charge in [0.1, 0.15) is 0 Å². The second-order valence-electron chi connectivity index (χ2n) is 6.45. The van der Waals surface area contributed by atoms with Crippen molar-refractivity contribution in [2.24, 2.45) is 5.73 Å². The molecule has 0 spiro atoms. The first-order chi connectivity index (χ1) is 13.7. The van der Waals surface area contributed by atoms with Crippen LogP contribution < -0.4 is 10.5 Å². The first kappa shape index (κ1) is 22.0. The quantitative estimate of drug-likeness (QED) is 0.368. The summed E-state index contributed by atoms with van der Waals surface area (Å²) in [5, 5.41) is 5.29. The molecule has 0 aliphatic carbocycles. The summed E-state index contributed by atoms with van der Waals surface area (Å²) >= 11 is 3.54. The van der Waals surface area contributed by atoms with Gasteiger partial charge in [-0.2, -0.15) is 0 Å². The second kappa shape index (κ2) is 12.2. The van der Waals surface area contributed by atoms with E-state index in [9.17, 15) is 0 Å². The molecular formula is C25H30N2S. The molecule has 3 N–H and O–H groups in total. The number of nitrogens with one attached hydrogen (secondary N) is 1. The van der Waals surface area contributed by atoms with Gasteiger partial charge in [-0.1, -0.05) is 111 Å². The summed E-state index contributed by atoms with van der Waals surface area (Å²) in [6.45, 7) is 2.84. The average molecular weight is 391 g/mol. The first-order valence-corrected chi connectivity index (χ1v) is 10.1. The average Bonchev–Trinajstić information content (AvgIpc) is 2.75. The van der Waals surface area contributed by atoms with Crippen LogP contribution in [0.5, 0.6) is 0 Å². The van der Waals surface area contributed by atoms with Crippen molar-refractivity contribution in [3.63, 3.8) is 0 Å². The van der Waals surface area contributed by atoms with Crippen LogP contribution in [0, 0.1) is 0 Å². The molecule has 0 aliphatic heterocycles. The fourth-order valence-electron chi connectivity index (χ4n) is 3.25. The highest BCUT2D eigenvalue weighted by Gasteiger charge is 1.97. The van der Waals surface area contributed by atoms with Gasteiger partial charge in [-0.25, -0.2) is 0 Å². The largest absolute Gasteiger partial charge is 0.326 e. The Bertz CT molecular complexity index is 971. The smallest absolute Gasteiger partial charge is 0.0184 e. The summed E-state index contributed by atoms with van der Waals surface area (Å²) in [4.78, 5) is 0. The van der Waals surface area contributed by atoms with Gasteiger partial charge in [-0.3, -0.25) is 4.72 Å². The van der Waals surface area contributed by atoms with Crippen LogP contribution in [0.3, 0.4) is 0 Å². The number of thiol groups is 1. The fraction of sp³-hybridized carbons (Fsp3) is 0.200. The molecule has 0 saturated heterocycles. The van der Waals surface area contributed by atoms with Gasteiger partial charge >= 0.3 is 0 Å². The highest BCUT2D eigenvalue weighted by molar-refractivity contribution is 7.78. The lowest BCUT2D eigenvalue weighted by Crippen LogP contribution is -1.96. The van der Waals surface area contributed by atoms with Gasteiger partial charge in [0.15, 0.2) is 0 Å². The van der Waals surface area contributed by atoms with E-state index in [0.717, 1.165) is 0 Å². The summed E-state index contributed by atoms with van der Waals surface area (Å²) in [7, 11) is 1.74.